The minimum Gasteiger partial charge on any atom is -0.369 e. The van der Waals surface area contributed by atoms with Gasteiger partial charge >= 0.3 is 0 Å². The lowest BCUT2D eigenvalue weighted by atomic mass is 10.3. The molecular formula is C12H12IN5. The van der Waals surface area contributed by atoms with E-state index < -0.39 is 0 Å². The molecule has 0 aliphatic carbocycles. The lowest BCUT2D eigenvalue weighted by molar-refractivity contribution is 0.756. The van der Waals surface area contributed by atoms with E-state index in [0.29, 0.717) is 5.95 Å². The zero-order valence-corrected chi connectivity index (χ0v) is 12.2. The van der Waals surface area contributed by atoms with E-state index in [2.05, 4.69) is 32.7 Å². The van der Waals surface area contributed by atoms with Crippen LogP contribution in [0.4, 0.5) is 5.95 Å². The molecule has 2 heterocycles. The number of halogens is 1. The number of aromatic nitrogens is 4. The molecule has 2 N–H and O–H groups in total. The molecule has 0 radical (unpaired) electrons. The van der Waals surface area contributed by atoms with Crippen molar-refractivity contribution in [3.05, 3.63) is 33.7 Å². The van der Waals surface area contributed by atoms with Crippen molar-refractivity contribution in [2.45, 2.75) is 6.92 Å². The summed E-state index contributed by atoms with van der Waals surface area (Å²) in [5.41, 5.74) is 9.84. The maximum atomic E-state index is 6.03. The Morgan fingerprint density at radius 3 is 2.78 bits per heavy atom. The molecule has 3 rings (SSSR count). The smallest absolute Gasteiger partial charge is 0.206 e. The van der Waals surface area contributed by atoms with Gasteiger partial charge in [-0.25, -0.2) is 4.98 Å². The van der Waals surface area contributed by atoms with Crippen molar-refractivity contribution >= 4 is 39.6 Å². The maximum absolute atomic E-state index is 6.03. The van der Waals surface area contributed by atoms with Gasteiger partial charge in [-0.15, -0.1) is 0 Å². The molecule has 6 heteroatoms. The quantitative estimate of drug-likeness (QED) is 0.683. The number of hydrogen-bond acceptors (Lipinski definition) is 3. The standard InChI is InChI=1S/C12H12IN5/c1-7-11(6-17(2)16-7)18-10-4-3-8(13)5-9(10)15-12(18)14/h3-6H,1-2H3,(H2,14,15). The highest BCUT2D eigenvalue weighted by Crippen LogP contribution is 2.25. The first-order valence-electron chi connectivity index (χ1n) is 5.50. The number of hydrogen-bond donors (Lipinski definition) is 1. The Kier molecular flexibility index (Phi) is 2.54. The molecule has 5 nitrogen and oxygen atoms in total. The summed E-state index contributed by atoms with van der Waals surface area (Å²) in [5, 5.41) is 4.34. The molecule has 0 aliphatic rings. The summed E-state index contributed by atoms with van der Waals surface area (Å²) < 4.78 is 4.86. The van der Waals surface area contributed by atoms with Gasteiger partial charge in [0.2, 0.25) is 5.95 Å². The van der Waals surface area contributed by atoms with Crippen molar-refractivity contribution in [3.8, 4) is 5.69 Å². The van der Waals surface area contributed by atoms with Gasteiger partial charge in [0.25, 0.3) is 0 Å². The van der Waals surface area contributed by atoms with Crippen molar-refractivity contribution in [3.63, 3.8) is 0 Å². The SMILES string of the molecule is Cc1nn(C)cc1-n1c(N)nc2cc(I)ccc21. The number of benzene rings is 1. The van der Waals surface area contributed by atoms with E-state index in [9.17, 15) is 0 Å². The normalized spacial score (nSPS) is 11.3. The summed E-state index contributed by atoms with van der Waals surface area (Å²) in [6.07, 6.45) is 1.95. The first kappa shape index (κ1) is 11.5. The highest BCUT2D eigenvalue weighted by Gasteiger charge is 2.14. The zero-order chi connectivity index (χ0) is 12.9. The molecule has 0 saturated carbocycles. The fraction of sp³-hybridized carbons (Fsp3) is 0.167. The zero-order valence-electron chi connectivity index (χ0n) is 10.1. The number of rotatable bonds is 1. The molecule has 0 bridgehead atoms. The third-order valence-corrected chi connectivity index (χ3v) is 3.54. The van der Waals surface area contributed by atoms with Gasteiger partial charge in [-0.3, -0.25) is 9.25 Å². The molecule has 3 aromatic rings. The second kappa shape index (κ2) is 3.98. The van der Waals surface area contributed by atoms with Gasteiger partial charge in [0.15, 0.2) is 0 Å². The Morgan fingerprint density at radius 2 is 2.11 bits per heavy atom. The van der Waals surface area contributed by atoms with E-state index in [4.69, 9.17) is 5.73 Å². The van der Waals surface area contributed by atoms with Gasteiger partial charge in [-0.2, -0.15) is 5.10 Å². The van der Waals surface area contributed by atoms with E-state index in [1.54, 1.807) is 4.68 Å². The van der Waals surface area contributed by atoms with Crippen LogP contribution in [-0.2, 0) is 7.05 Å². The van der Waals surface area contributed by atoms with Gasteiger partial charge in [-0.05, 0) is 47.7 Å². The second-order valence-electron chi connectivity index (χ2n) is 4.21. The van der Waals surface area contributed by atoms with Gasteiger partial charge in [-0.1, -0.05) is 0 Å². The Balaban J connectivity index is 2.35. The van der Waals surface area contributed by atoms with Crippen LogP contribution in [0.15, 0.2) is 24.4 Å². The molecular weight excluding hydrogens is 341 g/mol. The number of nitrogens with two attached hydrogens (primary N) is 1. The van der Waals surface area contributed by atoms with Crippen LogP contribution < -0.4 is 5.73 Å². The Hall–Kier alpha value is -1.57. The molecule has 1 aromatic carbocycles. The topological polar surface area (TPSA) is 61.7 Å². The Labute approximate surface area is 118 Å². The van der Waals surface area contributed by atoms with E-state index in [1.165, 1.54) is 0 Å². The number of anilines is 1. The van der Waals surface area contributed by atoms with E-state index in [1.807, 2.05) is 42.9 Å². The summed E-state index contributed by atoms with van der Waals surface area (Å²) in [7, 11) is 1.90. The average molecular weight is 353 g/mol. The molecule has 0 spiro atoms. The van der Waals surface area contributed by atoms with Crippen molar-refractivity contribution in [2.24, 2.45) is 7.05 Å². The number of nitrogen functional groups attached to an aromatic ring is 1. The molecule has 92 valence electrons. The first-order valence-corrected chi connectivity index (χ1v) is 6.58. The van der Waals surface area contributed by atoms with Crippen LogP contribution in [0.1, 0.15) is 5.69 Å². The fourth-order valence-corrected chi connectivity index (χ4v) is 2.61. The van der Waals surface area contributed by atoms with Crippen molar-refractivity contribution < 1.29 is 0 Å². The molecule has 0 unspecified atom stereocenters. The highest BCUT2D eigenvalue weighted by atomic mass is 127. The largest absolute Gasteiger partial charge is 0.369 e. The van der Waals surface area contributed by atoms with E-state index >= 15 is 0 Å². The molecule has 0 fully saturated rings. The number of nitrogens with zero attached hydrogens (tertiary/aromatic N) is 4. The first-order chi connectivity index (χ1) is 8.56. The number of fused-ring (bicyclic) bond motifs is 1. The van der Waals surface area contributed by atoms with E-state index in [-0.39, 0.29) is 0 Å². The van der Waals surface area contributed by atoms with Crippen LogP contribution in [0.25, 0.3) is 16.7 Å². The van der Waals surface area contributed by atoms with Crippen LogP contribution in [0.3, 0.4) is 0 Å². The van der Waals surface area contributed by atoms with Gasteiger partial charge in [0, 0.05) is 16.8 Å². The van der Waals surface area contributed by atoms with Gasteiger partial charge < -0.3 is 5.73 Å². The fourth-order valence-electron chi connectivity index (χ4n) is 2.13. The predicted molar refractivity (Wildman–Crippen MR) is 79.7 cm³/mol. The lowest BCUT2D eigenvalue weighted by Crippen LogP contribution is -2.00. The molecule has 0 saturated heterocycles. The lowest BCUT2D eigenvalue weighted by Gasteiger charge is -2.04. The monoisotopic (exact) mass is 353 g/mol. The summed E-state index contributed by atoms with van der Waals surface area (Å²) >= 11 is 2.27. The minimum atomic E-state index is 0.489. The van der Waals surface area contributed by atoms with Crippen LogP contribution in [0.2, 0.25) is 0 Å². The summed E-state index contributed by atoms with van der Waals surface area (Å²) in [6, 6.07) is 6.10. The molecule has 0 atom stereocenters. The van der Waals surface area contributed by atoms with Crippen LogP contribution in [-0.4, -0.2) is 19.3 Å². The maximum Gasteiger partial charge on any atom is 0.206 e. The van der Waals surface area contributed by atoms with Gasteiger partial charge in [0.1, 0.15) is 0 Å². The molecule has 2 aromatic heterocycles. The molecule has 18 heavy (non-hydrogen) atoms. The summed E-state index contributed by atoms with van der Waals surface area (Å²) in [4.78, 5) is 4.40. The molecule has 0 aliphatic heterocycles. The third kappa shape index (κ3) is 1.67. The molecule has 0 amide bonds. The predicted octanol–water partition coefficient (Wildman–Crippen LogP) is 2.25. The van der Waals surface area contributed by atoms with E-state index in [0.717, 1.165) is 26.0 Å². The van der Waals surface area contributed by atoms with Crippen molar-refractivity contribution in [2.75, 3.05) is 5.73 Å². The average Bonchev–Trinajstić information content (AvgIpc) is 2.77. The van der Waals surface area contributed by atoms with Crippen LogP contribution in [0, 0.1) is 10.5 Å². The summed E-state index contributed by atoms with van der Waals surface area (Å²) in [5.74, 6) is 0.489. The van der Waals surface area contributed by atoms with Crippen LogP contribution in [0.5, 0.6) is 0 Å². The third-order valence-electron chi connectivity index (χ3n) is 2.87. The number of imidazole rings is 1. The minimum absolute atomic E-state index is 0.489. The van der Waals surface area contributed by atoms with Crippen LogP contribution >= 0.6 is 22.6 Å². The number of aryl methyl sites for hydroxylation is 2. The van der Waals surface area contributed by atoms with Crippen molar-refractivity contribution in [1.82, 2.24) is 19.3 Å². The Morgan fingerprint density at radius 1 is 1.33 bits per heavy atom. The van der Waals surface area contributed by atoms with Gasteiger partial charge in [0.05, 0.1) is 22.4 Å². The second-order valence-corrected chi connectivity index (χ2v) is 5.46. The highest BCUT2D eigenvalue weighted by molar-refractivity contribution is 14.1. The Bertz CT molecular complexity index is 740. The summed E-state index contributed by atoms with van der Waals surface area (Å²) in [6.45, 7) is 1.97. The van der Waals surface area contributed by atoms with Crippen molar-refractivity contribution in [1.29, 1.82) is 0 Å².